The van der Waals surface area contributed by atoms with E-state index in [9.17, 15) is 0 Å². The van der Waals surface area contributed by atoms with E-state index in [0.717, 1.165) is 24.7 Å². The topological polar surface area (TPSA) is 49.3 Å². The maximum Gasteiger partial charge on any atom is 0.191 e. The summed E-state index contributed by atoms with van der Waals surface area (Å²) < 4.78 is 0. The number of pyridine rings is 1. The van der Waals surface area contributed by atoms with Crippen molar-refractivity contribution in [1.29, 1.82) is 0 Å². The number of hydrogen-bond donors (Lipinski definition) is 2. The number of aromatic nitrogens is 1. The highest BCUT2D eigenvalue weighted by molar-refractivity contribution is 7.10. The van der Waals surface area contributed by atoms with Crippen molar-refractivity contribution >= 4 is 17.3 Å². The van der Waals surface area contributed by atoms with Gasteiger partial charge in [0.05, 0.1) is 12.2 Å². The van der Waals surface area contributed by atoms with Gasteiger partial charge < -0.3 is 10.6 Å². The molecule has 0 saturated heterocycles. The molecule has 2 aromatic rings. The molecule has 0 spiro atoms. The number of rotatable bonds is 6. The summed E-state index contributed by atoms with van der Waals surface area (Å²) in [5, 5.41) is 8.89. The molecule has 2 heterocycles. The van der Waals surface area contributed by atoms with Gasteiger partial charge in [-0.3, -0.25) is 4.98 Å². The van der Waals surface area contributed by atoms with Crippen molar-refractivity contribution in [2.24, 2.45) is 4.99 Å². The van der Waals surface area contributed by atoms with E-state index in [4.69, 9.17) is 0 Å². The van der Waals surface area contributed by atoms with E-state index in [1.54, 1.807) is 11.3 Å². The maximum absolute atomic E-state index is 4.66. The second-order valence-corrected chi connectivity index (χ2v) is 7.12. The van der Waals surface area contributed by atoms with Crippen molar-refractivity contribution < 1.29 is 0 Å². The van der Waals surface area contributed by atoms with Crippen LogP contribution in [0.5, 0.6) is 0 Å². The van der Waals surface area contributed by atoms with E-state index < -0.39 is 0 Å². The van der Waals surface area contributed by atoms with Gasteiger partial charge in [0.1, 0.15) is 0 Å². The van der Waals surface area contributed by atoms with E-state index in [0.29, 0.717) is 6.54 Å². The first-order valence-electron chi connectivity index (χ1n) is 7.99. The van der Waals surface area contributed by atoms with Crippen LogP contribution >= 0.6 is 11.3 Å². The van der Waals surface area contributed by atoms with Crippen LogP contribution in [-0.4, -0.2) is 24.0 Å². The van der Waals surface area contributed by atoms with Crippen LogP contribution in [0.4, 0.5) is 0 Å². The number of nitrogens with zero attached hydrogens (tertiary/aromatic N) is 2. The summed E-state index contributed by atoms with van der Waals surface area (Å²) in [6.07, 6.45) is 1.82. The fourth-order valence-electron chi connectivity index (χ4n) is 2.24. The summed E-state index contributed by atoms with van der Waals surface area (Å²) in [6.45, 7) is 10.9. The largest absolute Gasteiger partial charge is 0.357 e. The van der Waals surface area contributed by atoms with E-state index in [1.165, 1.54) is 10.4 Å². The minimum absolute atomic E-state index is 0.0747. The van der Waals surface area contributed by atoms with E-state index in [2.05, 4.69) is 71.9 Å². The molecule has 124 valence electrons. The Morgan fingerprint density at radius 3 is 2.74 bits per heavy atom. The van der Waals surface area contributed by atoms with Gasteiger partial charge in [0.25, 0.3) is 0 Å². The fourth-order valence-corrected chi connectivity index (χ4v) is 3.09. The molecule has 2 rings (SSSR count). The van der Waals surface area contributed by atoms with Crippen molar-refractivity contribution in [3.8, 4) is 0 Å². The second-order valence-electron chi connectivity index (χ2n) is 6.18. The molecule has 0 aromatic carbocycles. The first-order valence-corrected chi connectivity index (χ1v) is 8.87. The molecule has 5 heteroatoms. The lowest BCUT2D eigenvalue weighted by molar-refractivity contribution is 0.518. The van der Waals surface area contributed by atoms with Gasteiger partial charge in [0.15, 0.2) is 5.96 Å². The van der Waals surface area contributed by atoms with Crippen molar-refractivity contribution in [2.75, 3.05) is 13.1 Å². The Labute approximate surface area is 143 Å². The van der Waals surface area contributed by atoms with Crippen LogP contribution < -0.4 is 10.6 Å². The monoisotopic (exact) mass is 330 g/mol. The number of guanidine groups is 1. The number of aryl methyl sites for hydroxylation is 1. The van der Waals surface area contributed by atoms with Crippen LogP contribution in [0.2, 0.25) is 0 Å². The third kappa shape index (κ3) is 5.06. The molecule has 4 nitrogen and oxygen atoms in total. The van der Waals surface area contributed by atoms with Crippen LogP contribution in [0.15, 0.2) is 40.8 Å². The lowest BCUT2D eigenvalue weighted by atomic mass is 9.91. The average Bonchev–Trinajstić information content (AvgIpc) is 3.07. The lowest BCUT2D eigenvalue weighted by Crippen LogP contribution is -2.43. The zero-order valence-electron chi connectivity index (χ0n) is 14.4. The Morgan fingerprint density at radius 2 is 2.09 bits per heavy atom. The van der Waals surface area contributed by atoms with Crippen molar-refractivity contribution in [1.82, 2.24) is 15.6 Å². The molecule has 0 aliphatic heterocycles. The molecule has 0 amide bonds. The first-order chi connectivity index (χ1) is 11.0. The number of hydrogen-bond acceptors (Lipinski definition) is 3. The zero-order chi connectivity index (χ0) is 16.7. The quantitative estimate of drug-likeness (QED) is 0.630. The molecule has 2 aromatic heterocycles. The van der Waals surface area contributed by atoms with Crippen LogP contribution in [0.3, 0.4) is 0 Å². The highest BCUT2D eigenvalue weighted by atomic mass is 32.1. The van der Waals surface area contributed by atoms with Gasteiger partial charge in [-0.2, -0.15) is 0 Å². The molecule has 0 saturated carbocycles. The third-order valence-electron chi connectivity index (χ3n) is 3.73. The highest BCUT2D eigenvalue weighted by Gasteiger charge is 2.21. The molecular formula is C18H26N4S. The summed E-state index contributed by atoms with van der Waals surface area (Å²) in [5.74, 6) is 0.835. The predicted octanol–water partition coefficient (Wildman–Crippen LogP) is 3.48. The highest BCUT2D eigenvalue weighted by Crippen LogP contribution is 2.26. The number of thiophene rings is 1. The van der Waals surface area contributed by atoms with Gasteiger partial charge in [-0.25, -0.2) is 4.99 Å². The van der Waals surface area contributed by atoms with Crippen LogP contribution in [0.25, 0.3) is 0 Å². The van der Waals surface area contributed by atoms with Crippen LogP contribution in [-0.2, 0) is 12.0 Å². The Hall–Kier alpha value is -1.88. The average molecular weight is 331 g/mol. The fraction of sp³-hybridized carbons (Fsp3) is 0.444. The summed E-state index contributed by atoms with van der Waals surface area (Å²) in [4.78, 5) is 10.4. The van der Waals surface area contributed by atoms with Gasteiger partial charge in [-0.1, -0.05) is 26.0 Å². The molecule has 0 unspecified atom stereocenters. The molecule has 2 N–H and O–H groups in total. The molecular weight excluding hydrogens is 304 g/mol. The van der Waals surface area contributed by atoms with Crippen molar-refractivity contribution in [3.63, 3.8) is 0 Å². The summed E-state index contributed by atoms with van der Waals surface area (Å²) in [5.41, 5.74) is 2.26. The molecule has 23 heavy (non-hydrogen) atoms. The van der Waals surface area contributed by atoms with Crippen molar-refractivity contribution in [3.05, 3.63) is 52.0 Å². The van der Waals surface area contributed by atoms with Gasteiger partial charge in [0, 0.05) is 29.6 Å². The van der Waals surface area contributed by atoms with Crippen molar-refractivity contribution in [2.45, 2.75) is 39.7 Å². The van der Waals surface area contributed by atoms with E-state index in [-0.39, 0.29) is 5.41 Å². The minimum Gasteiger partial charge on any atom is -0.357 e. The Morgan fingerprint density at radius 1 is 1.26 bits per heavy atom. The van der Waals surface area contributed by atoms with Gasteiger partial charge in [-0.15, -0.1) is 11.3 Å². The van der Waals surface area contributed by atoms with Gasteiger partial charge in [-0.05, 0) is 36.9 Å². The SMILES string of the molecule is CCNC(=NCc1ncccc1C)NCC(C)(C)c1cccs1. The molecule has 0 radical (unpaired) electrons. The number of aliphatic imine (C=N–C) groups is 1. The van der Waals surface area contributed by atoms with Gasteiger partial charge in [0.2, 0.25) is 0 Å². The Balaban J connectivity index is 2.01. The Kier molecular flexibility index (Phi) is 6.16. The summed E-state index contributed by atoms with van der Waals surface area (Å²) in [6, 6.07) is 8.31. The van der Waals surface area contributed by atoms with Crippen LogP contribution in [0.1, 0.15) is 36.9 Å². The molecule has 0 aliphatic rings. The first kappa shape index (κ1) is 17.5. The third-order valence-corrected chi connectivity index (χ3v) is 4.97. The van der Waals surface area contributed by atoms with Crippen LogP contribution in [0, 0.1) is 6.92 Å². The van der Waals surface area contributed by atoms with E-state index >= 15 is 0 Å². The van der Waals surface area contributed by atoms with Gasteiger partial charge >= 0.3 is 0 Å². The molecule has 0 atom stereocenters. The summed E-state index contributed by atoms with van der Waals surface area (Å²) >= 11 is 1.80. The summed E-state index contributed by atoms with van der Waals surface area (Å²) in [7, 11) is 0. The minimum atomic E-state index is 0.0747. The normalized spacial score (nSPS) is 12.3. The smallest absolute Gasteiger partial charge is 0.191 e. The standard InChI is InChI=1S/C18H26N4S/c1-5-19-17(21-12-15-14(2)8-6-10-20-15)22-13-18(3,4)16-9-7-11-23-16/h6-11H,5,12-13H2,1-4H3,(H2,19,21,22). The number of nitrogens with one attached hydrogen (secondary N) is 2. The molecule has 0 aliphatic carbocycles. The zero-order valence-corrected chi connectivity index (χ0v) is 15.2. The Bertz CT molecular complexity index is 632. The van der Waals surface area contributed by atoms with E-state index in [1.807, 2.05) is 12.3 Å². The molecule has 0 bridgehead atoms. The predicted molar refractivity (Wildman–Crippen MR) is 99.1 cm³/mol. The maximum atomic E-state index is 4.66. The lowest BCUT2D eigenvalue weighted by Gasteiger charge is -2.25. The molecule has 0 fully saturated rings. The second kappa shape index (κ2) is 8.11.